The molecule has 7 heterocycles. The first kappa shape index (κ1) is 102. The third kappa shape index (κ3) is 29.5. The number of likely N-dealkylation sites (N-methyl/N-ethyl adjacent to an activating group) is 3. The summed E-state index contributed by atoms with van der Waals surface area (Å²) in [6, 6.07) is 78.8. The Labute approximate surface area is 830 Å². The lowest BCUT2D eigenvalue weighted by atomic mass is 9.94. The van der Waals surface area contributed by atoms with E-state index in [1.807, 2.05) is 69.0 Å². The summed E-state index contributed by atoms with van der Waals surface area (Å²) >= 11 is 0. The van der Waals surface area contributed by atoms with E-state index < -0.39 is 0 Å². The molecule has 3 saturated carbocycles. The molecule has 1 atom stereocenters. The van der Waals surface area contributed by atoms with E-state index in [9.17, 15) is 24.0 Å². The first-order valence-electron chi connectivity index (χ1n) is 51.7. The quantitative estimate of drug-likeness (QED) is 0.0192. The van der Waals surface area contributed by atoms with Crippen molar-refractivity contribution in [2.75, 3.05) is 106 Å². The molecule has 9 aromatic carbocycles. The summed E-state index contributed by atoms with van der Waals surface area (Å²) in [6.45, 7) is 25.2. The van der Waals surface area contributed by atoms with Crippen LogP contribution in [0.25, 0.3) is 99.0 Å². The normalized spacial score (nSPS) is 15.5. The summed E-state index contributed by atoms with van der Waals surface area (Å²) in [5.74, 6) is 0.347. The molecule has 1 unspecified atom stereocenters. The number of carbonyl (C=O) groups is 5. The van der Waals surface area contributed by atoms with Crippen LogP contribution in [0.15, 0.2) is 249 Å². The molecular weight excluding hydrogens is 1740 g/mol. The second kappa shape index (κ2) is 50.8. The maximum Gasteiger partial charge on any atom is 0.240 e. The van der Waals surface area contributed by atoms with Gasteiger partial charge < -0.3 is 79.5 Å². The molecule has 19 rings (SSSR count). The fourth-order valence-corrected chi connectivity index (χ4v) is 20.8. The Kier molecular flexibility index (Phi) is 37.1. The van der Waals surface area contributed by atoms with Crippen LogP contribution in [0.1, 0.15) is 157 Å². The number of nitrogens with zero attached hydrogens (tertiary/aromatic N) is 8. The average Bonchev–Trinajstić information content (AvgIpc) is 1.58. The zero-order chi connectivity index (χ0) is 97.7. The summed E-state index contributed by atoms with van der Waals surface area (Å²) < 4.78 is 13.5. The van der Waals surface area contributed by atoms with Crippen LogP contribution in [0.4, 0.5) is 0 Å². The van der Waals surface area contributed by atoms with E-state index >= 15 is 0 Å². The van der Waals surface area contributed by atoms with Crippen LogP contribution < -0.4 is 31.9 Å². The second-order valence-corrected chi connectivity index (χ2v) is 40.5. The maximum atomic E-state index is 12.8. The number of ether oxygens (including phenoxy) is 1. The third-order valence-electron chi connectivity index (χ3n) is 29.0. The molecule has 5 aromatic heterocycles. The van der Waals surface area contributed by atoms with Gasteiger partial charge in [0.15, 0.2) is 0 Å². The highest BCUT2D eigenvalue weighted by Gasteiger charge is 2.28. The fourth-order valence-electron chi connectivity index (χ4n) is 20.8. The van der Waals surface area contributed by atoms with Gasteiger partial charge >= 0.3 is 0 Å². The smallest absolute Gasteiger partial charge is 0.240 e. The van der Waals surface area contributed by atoms with Crippen LogP contribution in [0, 0.1) is 27.7 Å². The minimum atomic E-state index is -0.225. The number of para-hydroxylation sites is 1. The van der Waals surface area contributed by atoms with Crippen molar-refractivity contribution in [1.29, 1.82) is 0 Å². The van der Waals surface area contributed by atoms with Crippen LogP contribution in [0.3, 0.4) is 0 Å². The van der Waals surface area contributed by atoms with E-state index in [1.165, 1.54) is 176 Å². The number of likely N-dealkylation sites (tertiary alicyclic amines) is 1. The number of fused-ring (bicyclic) bond motifs is 5. The average molecular weight is 1890 g/mol. The monoisotopic (exact) mass is 1890 g/mol. The number of hydrogen-bond acceptors (Lipinski definition) is 11. The predicted octanol–water partition coefficient (Wildman–Crippen LogP) is 20.8. The van der Waals surface area contributed by atoms with Crippen molar-refractivity contribution in [3.63, 3.8) is 0 Å². The summed E-state index contributed by atoms with van der Waals surface area (Å²) in [7, 11) is 6.56. The van der Waals surface area contributed by atoms with Gasteiger partial charge in [-0.15, -0.1) is 0 Å². The lowest BCUT2D eigenvalue weighted by molar-refractivity contribution is -0.124. The van der Waals surface area contributed by atoms with E-state index in [0.29, 0.717) is 76.4 Å². The number of carbonyl (C=O) groups excluding carboxylic acids is 5. The van der Waals surface area contributed by atoms with Crippen molar-refractivity contribution < 1.29 is 28.7 Å². The van der Waals surface area contributed by atoms with Gasteiger partial charge in [0.2, 0.25) is 29.5 Å². The van der Waals surface area contributed by atoms with E-state index in [0.717, 1.165) is 132 Å². The Balaban J connectivity index is 0.000000133. The van der Waals surface area contributed by atoms with Crippen LogP contribution in [-0.2, 0) is 61.3 Å². The van der Waals surface area contributed by atoms with Gasteiger partial charge in [-0.1, -0.05) is 238 Å². The van der Waals surface area contributed by atoms with Gasteiger partial charge in [-0.3, -0.25) is 24.0 Å². The Morgan fingerprint density at radius 1 is 0.379 bits per heavy atom. The van der Waals surface area contributed by atoms with Crippen molar-refractivity contribution in [1.82, 2.24) is 74.8 Å². The van der Waals surface area contributed by atoms with Crippen LogP contribution in [0.5, 0.6) is 0 Å². The Hall–Kier alpha value is -12.2. The minimum Gasteiger partial charge on any atom is -0.380 e. The number of benzene rings is 9. The topological polar surface area (TPSA) is 215 Å². The summed E-state index contributed by atoms with van der Waals surface area (Å²) in [6.07, 6.45) is 34.0. The molecule has 14 aromatic rings. The molecule has 21 heteroatoms. The van der Waals surface area contributed by atoms with Gasteiger partial charge in [0, 0.05) is 165 Å². The van der Waals surface area contributed by atoms with Gasteiger partial charge in [0.1, 0.15) is 26.2 Å². The Morgan fingerprint density at radius 2 is 0.771 bits per heavy atom. The van der Waals surface area contributed by atoms with E-state index in [-0.39, 0.29) is 35.1 Å². The number of nitrogens with one attached hydrogen (secondary N) is 7. The summed E-state index contributed by atoms with van der Waals surface area (Å²) in [5, 5.41) is 24.7. The number of aromatic amines is 1. The first-order chi connectivity index (χ1) is 68.0. The molecule has 0 radical (unpaired) electrons. The van der Waals surface area contributed by atoms with E-state index in [2.05, 4.69) is 318 Å². The van der Waals surface area contributed by atoms with Gasteiger partial charge in [-0.2, -0.15) is 0 Å². The van der Waals surface area contributed by atoms with Crippen molar-refractivity contribution in [3.05, 3.63) is 277 Å². The lowest BCUT2D eigenvalue weighted by Crippen LogP contribution is -2.51. The van der Waals surface area contributed by atoms with Gasteiger partial charge in [0.05, 0.1) is 13.0 Å². The predicted molar refractivity (Wildman–Crippen MR) is 576 cm³/mol. The number of aromatic nitrogens is 5. The van der Waals surface area contributed by atoms with Crippen molar-refractivity contribution in [2.24, 2.45) is 0 Å². The number of amides is 5. The number of hydrogen-bond donors (Lipinski definition) is 7. The zero-order valence-electron chi connectivity index (χ0n) is 84.5. The van der Waals surface area contributed by atoms with Crippen molar-refractivity contribution in [3.8, 4) is 44.5 Å². The molecule has 5 amide bonds. The first-order valence-corrected chi connectivity index (χ1v) is 51.7. The Bertz CT molecular complexity index is 6310. The molecule has 7 N–H and O–H groups in total. The van der Waals surface area contributed by atoms with E-state index in [1.54, 1.807) is 0 Å². The van der Waals surface area contributed by atoms with Gasteiger partial charge in [0.25, 0.3) is 0 Å². The standard InChI is InChI=1S/C27H35N3O.2C25H31N3O.C23H27N3O2.C19H27N3O/c1-20-9-11-22(12-10-20)23-17-21(2)25-13-15-30(26(25)18-23)19-27(31)28-14-16-29(3)24-7-5-4-6-8-24;1-19-6-8-20(9-7-19)22-11-10-21-12-15-28(23(21)16-22)17-24(29)26-25(2,3)18-27-13-4-5-14-27;1-27(23-10-6-3-7-11-23)17-15-26-25(29)19-28-16-14-21-12-13-22(18-24(21)28)20-8-4-2-5-9-20;1-17-2-4-18(5-3-17)20-7-6-19-8-12-26(22(19)14-20)15-23(27)25-11-10-24-21-9-13-28-16-21;1-22(16-7-3-2-4-8-16)12-11-20-19(23)13-15-14-21-18-10-6-5-9-17(15)18/h9-13,15,17-18,24H,4-8,14,16,19H2,1-3H3,(H,28,31);6-12,15-16H,4-5,13-14,17-18H2,1-3H3,(H,26,29);2,4-5,8-9,12-14,16,18,23H,3,6-7,10-11,15,17,19H2,1H3,(H,26,29);2-8,12,14,21,24H,9-11,13,15-16H2,1H3,(H,25,27);5-6,9-10,14,16,21H,2-4,7-8,11-13H2,1H3,(H,20,23). The van der Waals surface area contributed by atoms with Crippen molar-refractivity contribution >= 4 is 84.1 Å². The maximum absolute atomic E-state index is 12.8. The molecule has 5 fully saturated rings. The summed E-state index contributed by atoms with van der Waals surface area (Å²) in [5.41, 5.74) is 20.8. The van der Waals surface area contributed by atoms with Crippen molar-refractivity contribution in [2.45, 2.75) is 219 Å². The highest BCUT2D eigenvalue weighted by Crippen LogP contribution is 2.34. The van der Waals surface area contributed by atoms with Crippen LogP contribution in [0.2, 0.25) is 0 Å². The molecule has 0 bridgehead atoms. The molecule has 5 aliphatic rings. The number of rotatable bonds is 33. The minimum absolute atomic E-state index is 0.0303. The lowest BCUT2D eigenvalue weighted by Gasteiger charge is -2.31. The Morgan fingerprint density at radius 3 is 1.23 bits per heavy atom. The molecule has 21 nitrogen and oxygen atoms in total. The zero-order valence-corrected chi connectivity index (χ0v) is 84.5. The fraction of sp³-hybridized carbons (Fsp3) is 0.420. The second-order valence-electron chi connectivity index (χ2n) is 40.5. The molecule has 140 heavy (non-hydrogen) atoms. The summed E-state index contributed by atoms with van der Waals surface area (Å²) in [4.78, 5) is 75.4. The molecule has 0 spiro atoms. The van der Waals surface area contributed by atoms with E-state index in [4.69, 9.17) is 4.74 Å². The van der Waals surface area contributed by atoms with Gasteiger partial charge in [-0.05, 0) is 260 Å². The number of H-pyrrole nitrogens is 1. The highest BCUT2D eigenvalue weighted by molar-refractivity contribution is 5.93. The van der Waals surface area contributed by atoms with Crippen LogP contribution >= 0.6 is 0 Å². The SMILES string of the molecule is CN(CCNC(=O)Cc1c[nH]c2ccccc12)C1CCCCC1.CN(CCNC(=O)Cn1ccc2ccc(-c3ccccc3)cc21)C1CCCCC1.Cc1ccc(-c2cc(C)c3ccn(CC(=O)NCCN(C)C4CCCCC4)c3c2)cc1.Cc1ccc(-c2ccc3ccn(CC(=O)NC(C)(C)CN4CCCC4)c3c2)cc1.Cc1ccc(-c2ccc3ccn(CC(=O)NCCNC4CCOC4)c3c2)cc1. The molecule has 738 valence electrons. The molecule has 2 aliphatic heterocycles. The van der Waals surface area contributed by atoms with Crippen LogP contribution in [-0.4, -0.2) is 208 Å². The van der Waals surface area contributed by atoms with Gasteiger partial charge in [-0.25, -0.2) is 0 Å². The number of aryl methyl sites for hydroxylation is 4. The molecular formula is C119H151N15O6. The molecule has 2 saturated heterocycles. The third-order valence-corrected chi connectivity index (χ3v) is 29.0. The largest absolute Gasteiger partial charge is 0.380 e. The molecule has 3 aliphatic carbocycles. The highest BCUT2D eigenvalue weighted by atomic mass is 16.5.